The van der Waals surface area contributed by atoms with Gasteiger partial charge in [0.05, 0.1) is 0 Å². The van der Waals surface area contributed by atoms with Crippen molar-refractivity contribution in [3.8, 4) is 5.75 Å². The fourth-order valence-electron chi connectivity index (χ4n) is 3.88. The van der Waals surface area contributed by atoms with Crippen LogP contribution in [0.3, 0.4) is 0 Å². The predicted octanol–water partition coefficient (Wildman–Crippen LogP) is 3.84. The van der Waals surface area contributed by atoms with Crippen LogP contribution in [0.1, 0.15) is 57.4 Å². The monoisotopic (exact) mass is 344 g/mol. The average Bonchev–Trinajstić information content (AvgIpc) is 2.59. The number of ether oxygens (including phenoxy) is 1. The van der Waals surface area contributed by atoms with E-state index in [1.165, 1.54) is 50.8 Å². The molecule has 0 aromatic heterocycles. The molecule has 2 aliphatic heterocycles. The van der Waals surface area contributed by atoms with Crippen LogP contribution in [0.25, 0.3) is 0 Å². The molecule has 3 rings (SSSR count). The van der Waals surface area contributed by atoms with Crippen molar-refractivity contribution >= 4 is 5.91 Å². The van der Waals surface area contributed by atoms with E-state index in [0.717, 1.165) is 38.2 Å². The quantitative estimate of drug-likeness (QED) is 0.832. The summed E-state index contributed by atoms with van der Waals surface area (Å²) in [6, 6.07) is 8.63. The maximum absolute atomic E-state index is 11.4. The van der Waals surface area contributed by atoms with Crippen molar-refractivity contribution in [2.75, 3.05) is 26.2 Å². The van der Waals surface area contributed by atoms with E-state index in [0.29, 0.717) is 0 Å². The molecule has 1 amide bonds. The normalized spacial score (nSPS) is 20.8. The number of hydrogen-bond donors (Lipinski definition) is 0. The Labute approximate surface area is 152 Å². The zero-order chi connectivity index (χ0) is 17.5. The Morgan fingerprint density at radius 2 is 1.56 bits per heavy atom. The molecule has 0 atom stereocenters. The molecule has 2 aliphatic rings. The third-order valence-corrected chi connectivity index (χ3v) is 5.47. The first-order chi connectivity index (χ1) is 12.2. The Bertz CT molecular complexity index is 527. The Morgan fingerprint density at radius 3 is 2.16 bits per heavy atom. The van der Waals surface area contributed by atoms with Gasteiger partial charge in [-0.05, 0) is 43.6 Å². The summed E-state index contributed by atoms with van der Waals surface area (Å²) in [7, 11) is 0. The molecule has 1 aromatic rings. The number of rotatable bonds is 4. The predicted molar refractivity (Wildman–Crippen MR) is 101 cm³/mol. The van der Waals surface area contributed by atoms with E-state index in [4.69, 9.17) is 4.74 Å². The van der Waals surface area contributed by atoms with Crippen LogP contribution in [-0.2, 0) is 11.3 Å². The molecule has 4 nitrogen and oxygen atoms in total. The van der Waals surface area contributed by atoms with Gasteiger partial charge in [0, 0.05) is 39.4 Å². The third kappa shape index (κ3) is 5.74. The largest absolute Gasteiger partial charge is 0.490 e. The molecule has 2 saturated heterocycles. The van der Waals surface area contributed by atoms with Crippen molar-refractivity contribution in [2.24, 2.45) is 0 Å². The fraction of sp³-hybridized carbons (Fsp3) is 0.667. The van der Waals surface area contributed by atoms with Crippen LogP contribution in [0.15, 0.2) is 24.3 Å². The Morgan fingerprint density at radius 1 is 0.960 bits per heavy atom. The van der Waals surface area contributed by atoms with Crippen molar-refractivity contribution in [2.45, 2.75) is 64.5 Å². The van der Waals surface area contributed by atoms with Gasteiger partial charge in [-0.15, -0.1) is 0 Å². The van der Waals surface area contributed by atoms with E-state index in [2.05, 4.69) is 29.2 Å². The Balaban J connectivity index is 1.46. The highest BCUT2D eigenvalue weighted by Crippen LogP contribution is 2.21. The zero-order valence-corrected chi connectivity index (χ0v) is 15.6. The summed E-state index contributed by atoms with van der Waals surface area (Å²) in [4.78, 5) is 15.9. The van der Waals surface area contributed by atoms with Gasteiger partial charge in [-0.3, -0.25) is 9.69 Å². The highest BCUT2D eigenvalue weighted by Gasteiger charge is 2.21. The lowest BCUT2D eigenvalue weighted by atomic mass is 10.1. The van der Waals surface area contributed by atoms with Gasteiger partial charge in [0.15, 0.2) is 0 Å². The van der Waals surface area contributed by atoms with E-state index in [-0.39, 0.29) is 12.0 Å². The van der Waals surface area contributed by atoms with E-state index in [9.17, 15) is 4.79 Å². The van der Waals surface area contributed by atoms with Crippen molar-refractivity contribution in [3.05, 3.63) is 29.8 Å². The van der Waals surface area contributed by atoms with Gasteiger partial charge in [0.2, 0.25) is 5.91 Å². The Kier molecular flexibility index (Phi) is 6.74. The van der Waals surface area contributed by atoms with Crippen molar-refractivity contribution in [1.82, 2.24) is 9.80 Å². The van der Waals surface area contributed by atoms with Gasteiger partial charge in [-0.25, -0.2) is 0 Å². The molecular weight excluding hydrogens is 312 g/mol. The minimum absolute atomic E-state index is 0.173. The summed E-state index contributed by atoms with van der Waals surface area (Å²) in [5.41, 5.74) is 1.37. The number of benzene rings is 1. The van der Waals surface area contributed by atoms with Gasteiger partial charge in [-0.2, -0.15) is 0 Å². The summed E-state index contributed by atoms with van der Waals surface area (Å²) < 4.78 is 6.11. The van der Waals surface area contributed by atoms with E-state index < -0.39 is 0 Å². The van der Waals surface area contributed by atoms with Crippen LogP contribution in [-0.4, -0.2) is 48.0 Å². The van der Waals surface area contributed by atoms with Crippen molar-refractivity contribution in [3.63, 3.8) is 0 Å². The third-order valence-electron chi connectivity index (χ3n) is 5.47. The molecule has 0 spiro atoms. The molecule has 0 aliphatic carbocycles. The summed E-state index contributed by atoms with van der Waals surface area (Å²) in [6.45, 7) is 6.78. The van der Waals surface area contributed by atoms with Gasteiger partial charge in [0.1, 0.15) is 11.9 Å². The topological polar surface area (TPSA) is 32.8 Å². The lowest BCUT2D eigenvalue weighted by Gasteiger charge is -2.31. The first-order valence-corrected chi connectivity index (χ1v) is 9.94. The van der Waals surface area contributed by atoms with Crippen LogP contribution < -0.4 is 4.74 Å². The molecule has 1 aromatic carbocycles. The molecule has 4 heteroatoms. The zero-order valence-electron chi connectivity index (χ0n) is 15.6. The minimum Gasteiger partial charge on any atom is -0.490 e. The highest BCUT2D eigenvalue weighted by molar-refractivity contribution is 5.73. The number of likely N-dealkylation sites (tertiary alicyclic amines) is 2. The summed E-state index contributed by atoms with van der Waals surface area (Å²) in [5, 5.41) is 0. The van der Waals surface area contributed by atoms with E-state index >= 15 is 0 Å². The number of carbonyl (C=O) groups excluding carboxylic acids is 1. The first-order valence-electron chi connectivity index (χ1n) is 9.94. The van der Waals surface area contributed by atoms with Crippen molar-refractivity contribution < 1.29 is 9.53 Å². The molecule has 0 saturated carbocycles. The Hall–Kier alpha value is -1.55. The SMILES string of the molecule is CC(=O)N1CCC(Oc2ccc(CN3CCCCCCC3)cc2)CC1. The van der Waals surface area contributed by atoms with Gasteiger partial charge in [-0.1, -0.05) is 31.4 Å². The molecule has 0 unspecified atom stereocenters. The molecule has 0 radical (unpaired) electrons. The van der Waals surface area contributed by atoms with E-state index in [1.807, 2.05) is 4.90 Å². The molecular formula is C21H32N2O2. The number of nitrogens with zero attached hydrogens (tertiary/aromatic N) is 2. The maximum atomic E-state index is 11.4. The molecule has 2 heterocycles. The minimum atomic E-state index is 0.173. The van der Waals surface area contributed by atoms with E-state index in [1.54, 1.807) is 6.92 Å². The van der Waals surface area contributed by atoms with Crippen LogP contribution >= 0.6 is 0 Å². The number of amides is 1. The molecule has 2 fully saturated rings. The molecule has 25 heavy (non-hydrogen) atoms. The smallest absolute Gasteiger partial charge is 0.219 e. The van der Waals surface area contributed by atoms with Gasteiger partial charge >= 0.3 is 0 Å². The standard InChI is InChI=1S/C21H32N2O2/c1-18(24)23-15-11-21(12-16-23)25-20-9-7-19(8-10-20)17-22-13-5-3-2-4-6-14-22/h7-10,21H,2-6,11-17H2,1H3. The van der Waals surface area contributed by atoms with Crippen LogP contribution in [0.2, 0.25) is 0 Å². The molecule has 0 bridgehead atoms. The van der Waals surface area contributed by atoms with Gasteiger partial charge in [0.25, 0.3) is 0 Å². The summed E-state index contributed by atoms with van der Waals surface area (Å²) >= 11 is 0. The number of piperidine rings is 1. The van der Waals surface area contributed by atoms with Crippen LogP contribution in [0.5, 0.6) is 5.75 Å². The van der Waals surface area contributed by atoms with Crippen LogP contribution in [0, 0.1) is 0 Å². The second-order valence-corrected chi connectivity index (χ2v) is 7.51. The second-order valence-electron chi connectivity index (χ2n) is 7.51. The molecule has 138 valence electrons. The average molecular weight is 344 g/mol. The number of hydrogen-bond acceptors (Lipinski definition) is 3. The summed E-state index contributed by atoms with van der Waals surface area (Å²) in [5.74, 6) is 1.13. The first kappa shape index (κ1) is 18.2. The number of carbonyl (C=O) groups is 1. The fourth-order valence-corrected chi connectivity index (χ4v) is 3.88. The maximum Gasteiger partial charge on any atom is 0.219 e. The van der Waals surface area contributed by atoms with Crippen LogP contribution in [0.4, 0.5) is 0 Å². The lowest BCUT2D eigenvalue weighted by molar-refractivity contribution is -0.130. The summed E-state index contributed by atoms with van der Waals surface area (Å²) in [6.07, 6.45) is 8.92. The van der Waals surface area contributed by atoms with Crippen molar-refractivity contribution in [1.29, 1.82) is 0 Å². The lowest BCUT2D eigenvalue weighted by Crippen LogP contribution is -2.40. The highest BCUT2D eigenvalue weighted by atomic mass is 16.5. The van der Waals surface area contributed by atoms with Gasteiger partial charge < -0.3 is 9.64 Å². The second kappa shape index (κ2) is 9.23. The molecule has 0 N–H and O–H groups in total.